The van der Waals surface area contributed by atoms with Gasteiger partial charge in [-0.1, -0.05) is 11.6 Å². The van der Waals surface area contributed by atoms with E-state index in [1.165, 1.54) is 0 Å². The zero-order chi connectivity index (χ0) is 13.2. The molecule has 0 heterocycles. The second-order valence-corrected chi connectivity index (χ2v) is 3.77. The summed E-state index contributed by atoms with van der Waals surface area (Å²) in [7, 11) is 0. The molecule has 1 atom stereocenters. The van der Waals surface area contributed by atoms with Gasteiger partial charge in [0.25, 0.3) is 0 Å². The summed E-state index contributed by atoms with van der Waals surface area (Å²) in [4.78, 5) is 10.4. The summed E-state index contributed by atoms with van der Waals surface area (Å²) < 4.78 is 50.8. The Balaban J connectivity index is 3.21. The maximum Gasteiger partial charge on any atom is 0.396 e. The summed E-state index contributed by atoms with van der Waals surface area (Å²) >= 11 is 5.52. The number of alkyl halides is 3. The molecule has 1 unspecified atom stereocenters. The van der Waals surface area contributed by atoms with E-state index in [2.05, 4.69) is 0 Å². The molecule has 0 saturated carbocycles. The van der Waals surface area contributed by atoms with Gasteiger partial charge in [-0.15, -0.1) is 0 Å². The van der Waals surface area contributed by atoms with E-state index in [4.69, 9.17) is 16.7 Å². The van der Waals surface area contributed by atoms with Crippen molar-refractivity contribution in [1.29, 1.82) is 0 Å². The van der Waals surface area contributed by atoms with Crippen molar-refractivity contribution < 1.29 is 27.5 Å². The van der Waals surface area contributed by atoms with E-state index in [0.29, 0.717) is 6.07 Å². The van der Waals surface area contributed by atoms with Crippen molar-refractivity contribution in [1.82, 2.24) is 0 Å². The summed E-state index contributed by atoms with van der Waals surface area (Å²) in [5.41, 5.74) is -0.568. The summed E-state index contributed by atoms with van der Waals surface area (Å²) in [6.07, 6.45) is -5.98. The van der Waals surface area contributed by atoms with Crippen LogP contribution in [0.15, 0.2) is 18.2 Å². The molecule has 1 aromatic carbocycles. The first-order chi connectivity index (χ1) is 7.71. The monoisotopic (exact) mass is 270 g/mol. The quantitative estimate of drug-likeness (QED) is 0.852. The molecule has 94 valence electrons. The molecule has 0 aliphatic carbocycles. The molecule has 0 aliphatic rings. The zero-order valence-electron chi connectivity index (χ0n) is 8.26. The number of benzene rings is 1. The van der Waals surface area contributed by atoms with Crippen LogP contribution in [0.5, 0.6) is 0 Å². The van der Waals surface area contributed by atoms with Crippen molar-refractivity contribution in [2.24, 2.45) is 0 Å². The smallest absolute Gasteiger partial charge is 0.396 e. The Labute approximate surface area is 98.8 Å². The Bertz CT molecular complexity index is 431. The second kappa shape index (κ2) is 4.91. The van der Waals surface area contributed by atoms with Gasteiger partial charge in [-0.2, -0.15) is 13.2 Å². The third kappa shape index (κ3) is 3.59. The van der Waals surface area contributed by atoms with Crippen LogP contribution >= 0.6 is 11.6 Å². The van der Waals surface area contributed by atoms with Crippen LogP contribution in [0.25, 0.3) is 0 Å². The van der Waals surface area contributed by atoms with Crippen LogP contribution in [0.1, 0.15) is 17.9 Å². The first kappa shape index (κ1) is 13.8. The van der Waals surface area contributed by atoms with Crippen LogP contribution in [0.2, 0.25) is 5.02 Å². The fourth-order valence-electron chi connectivity index (χ4n) is 1.36. The molecule has 0 fully saturated rings. The minimum Gasteiger partial charge on any atom is -0.481 e. The van der Waals surface area contributed by atoms with Crippen LogP contribution < -0.4 is 0 Å². The number of carboxylic acid groups (broad SMARTS) is 1. The summed E-state index contributed by atoms with van der Waals surface area (Å²) in [6.45, 7) is 0. The highest BCUT2D eigenvalue weighted by atomic mass is 35.5. The van der Waals surface area contributed by atoms with Gasteiger partial charge in [0.15, 0.2) is 0 Å². The van der Waals surface area contributed by atoms with E-state index in [1.807, 2.05) is 0 Å². The number of halogens is 5. The van der Waals surface area contributed by atoms with Crippen LogP contribution in [0, 0.1) is 5.82 Å². The molecule has 0 spiro atoms. The molecular formula is C10H7ClF4O2. The van der Waals surface area contributed by atoms with Crippen LogP contribution in [-0.2, 0) is 4.79 Å². The first-order valence-electron chi connectivity index (χ1n) is 4.45. The Hall–Kier alpha value is -1.30. The van der Waals surface area contributed by atoms with E-state index in [9.17, 15) is 22.4 Å². The lowest BCUT2D eigenvalue weighted by Crippen LogP contribution is -2.24. The van der Waals surface area contributed by atoms with E-state index < -0.39 is 35.9 Å². The van der Waals surface area contributed by atoms with Crippen molar-refractivity contribution in [3.63, 3.8) is 0 Å². The number of carboxylic acids is 1. The summed E-state index contributed by atoms with van der Waals surface area (Å²) in [5.74, 6) is -4.85. The molecule has 1 rings (SSSR count). The molecule has 0 saturated heterocycles. The van der Waals surface area contributed by atoms with Gasteiger partial charge in [0, 0.05) is 5.02 Å². The van der Waals surface area contributed by atoms with Gasteiger partial charge in [-0.05, 0) is 23.8 Å². The maximum atomic E-state index is 12.9. The number of carbonyl (C=O) groups is 1. The Morgan fingerprint density at radius 2 is 2.00 bits per heavy atom. The first-order valence-corrected chi connectivity index (χ1v) is 4.83. The van der Waals surface area contributed by atoms with Crippen molar-refractivity contribution in [3.05, 3.63) is 34.6 Å². The molecule has 0 amide bonds. The van der Waals surface area contributed by atoms with Gasteiger partial charge in [0.05, 0.1) is 12.3 Å². The van der Waals surface area contributed by atoms with Crippen molar-refractivity contribution in [2.75, 3.05) is 0 Å². The van der Waals surface area contributed by atoms with Crippen molar-refractivity contribution >= 4 is 17.6 Å². The third-order valence-corrected chi connectivity index (χ3v) is 2.45. The van der Waals surface area contributed by atoms with E-state index in [1.54, 1.807) is 0 Å². The number of rotatable bonds is 3. The highest BCUT2D eigenvalue weighted by Crippen LogP contribution is 2.40. The Kier molecular flexibility index (Phi) is 3.98. The molecule has 0 bridgehead atoms. The highest BCUT2D eigenvalue weighted by molar-refractivity contribution is 6.31. The van der Waals surface area contributed by atoms with Gasteiger partial charge in [-0.3, -0.25) is 4.79 Å². The van der Waals surface area contributed by atoms with Gasteiger partial charge >= 0.3 is 12.1 Å². The Morgan fingerprint density at radius 3 is 2.47 bits per heavy atom. The normalized spacial score (nSPS) is 13.5. The van der Waals surface area contributed by atoms with Crippen molar-refractivity contribution in [3.8, 4) is 0 Å². The number of aliphatic carboxylic acids is 1. The lowest BCUT2D eigenvalue weighted by Gasteiger charge is -2.20. The van der Waals surface area contributed by atoms with E-state index in [0.717, 1.165) is 12.1 Å². The molecule has 0 aliphatic heterocycles. The lowest BCUT2D eigenvalue weighted by atomic mass is 9.95. The van der Waals surface area contributed by atoms with E-state index >= 15 is 0 Å². The highest BCUT2D eigenvalue weighted by Gasteiger charge is 2.43. The molecule has 0 radical (unpaired) electrons. The predicted octanol–water partition coefficient (Wildman–Crippen LogP) is 3.60. The Morgan fingerprint density at radius 1 is 1.41 bits per heavy atom. The molecule has 17 heavy (non-hydrogen) atoms. The van der Waals surface area contributed by atoms with Crippen molar-refractivity contribution in [2.45, 2.75) is 18.5 Å². The standard InChI is InChI=1S/C10H7ClF4O2/c11-8-2-1-5(12)3-6(8)7(4-9(16)17)10(13,14)15/h1-3,7H,4H2,(H,16,17). The SMILES string of the molecule is O=C(O)CC(c1cc(F)ccc1Cl)C(F)(F)F. The third-order valence-electron chi connectivity index (χ3n) is 2.11. The fraction of sp³-hybridized carbons (Fsp3) is 0.300. The second-order valence-electron chi connectivity index (χ2n) is 3.36. The summed E-state index contributed by atoms with van der Waals surface area (Å²) in [5, 5.41) is 8.12. The minimum atomic E-state index is -4.80. The van der Waals surface area contributed by atoms with Gasteiger partial charge in [0.1, 0.15) is 5.82 Å². The fourth-order valence-corrected chi connectivity index (χ4v) is 1.61. The van der Waals surface area contributed by atoms with Gasteiger partial charge in [0.2, 0.25) is 0 Å². The minimum absolute atomic E-state index is 0.310. The summed E-state index contributed by atoms with van der Waals surface area (Å²) in [6, 6.07) is 2.47. The van der Waals surface area contributed by atoms with E-state index in [-0.39, 0.29) is 5.02 Å². The zero-order valence-corrected chi connectivity index (χ0v) is 9.02. The van der Waals surface area contributed by atoms with Crippen LogP contribution in [0.4, 0.5) is 17.6 Å². The molecule has 7 heteroatoms. The van der Waals surface area contributed by atoms with Crippen LogP contribution in [0.3, 0.4) is 0 Å². The molecule has 2 nitrogen and oxygen atoms in total. The topological polar surface area (TPSA) is 37.3 Å². The predicted molar refractivity (Wildman–Crippen MR) is 52.5 cm³/mol. The van der Waals surface area contributed by atoms with Gasteiger partial charge in [-0.25, -0.2) is 4.39 Å². The maximum absolute atomic E-state index is 12.9. The number of hydrogen-bond donors (Lipinski definition) is 1. The molecular weight excluding hydrogens is 264 g/mol. The molecule has 1 aromatic rings. The average molecular weight is 271 g/mol. The average Bonchev–Trinajstić information content (AvgIpc) is 2.16. The largest absolute Gasteiger partial charge is 0.481 e. The number of hydrogen-bond acceptors (Lipinski definition) is 1. The van der Waals surface area contributed by atoms with Gasteiger partial charge < -0.3 is 5.11 Å². The molecule has 1 N–H and O–H groups in total. The molecule has 0 aromatic heterocycles. The van der Waals surface area contributed by atoms with Crippen LogP contribution in [-0.4, -0.2) is 17.3 Å². The lowest BCUT2D eigenvalue weighted by molar-refractivity contribution is -0.163.